The fourth-order valence-electron chi connectivity index (χ4n) is 16.6. The van der Waals surface area contributed by atoms with E-state index in [1.54, 1.807) is 0 Å². The van der Waals surface area contributed by atoms with Crippen LogP contribution in [0.2, 0.25) is 0 Å². The van der Waals surface area contributed by atoms with Gasteiger partial charge in [0.1, 0.15) is 22.3 Å². The molecule has 2 heterocycles. The molecule has 2 spiro atoms. The Kier molecular flexibility index (Phi) is 9.68. The summed E-state index contributed by atoms with van der Waals surface area (Å²) in [4.78, 5) is 0. The Morgan fingerprint density at radius 1 is 0.282 bits per heavy atom. The van der Waals surface area contributed by atoms with E-state index in [1.807, 2.05) is 0 Å². The molecule has 2 heteroatoms. The van der Waals surface area contributed by atoms with Gasteiger partial charge in [-0.25, -0.2) is 0 Å². The van der Waals surface area contributed by atoms with Crippen LogP contribution in [0.4, 0.5) is 0 Å². The normalized spacial score (nSPS) is 14.4. The lowest BCUT2D eigenvalue weighted by molar-refractivity contribution is 0.669. The van der Waals surface area contributed by atoms with E-state index in [0.717, 1.165) is 68.2 Å². The first-order valence-electron chi connectivity index (χ1n) is 30.0. The number of hydrogen-bond donors (Lipinski definition) is 0. The van der Waals surface area contributed by atoms with E-state index >= 15 is 0 Å². The number of furan rings is 2. The molecule has 19 rings (SSSR count). The van der Waals surface area contributed by atoms with Gasteiger partial charge in [-0.1, -0.05) is 261 Å². The van der Waals surface area contributed by atoms with Crippen LogP contribution in [0, 0.1) is 0 Å². The third kappa shape index (κ3) is 6.18. The van der Waals surface area contributed by atoms with Crippen LogP contribution in [-0.4, -0.2) is 0 Å². The number of para-hydroxylation sites is 2. The molecule has 85 heavy (non-hydrogen) atoms. The second-order valence-electron chi connectivity index (χ2n) is 23.9. The van der Waals surface area contributed by atoms with Gasteiger partial charge in [-0.15, -0.1) is 0 Å². The standard InChI is InChI=1S/C83H52O2/c1-4-22-51(23-5-1)55(54-42-45-61-71(47-54)83(68-36-18-12-30-58(68)59-31-13-19-37-69(59)83)73-49-65(53-26-8-3-9-27-53)81-79(77(61)73)63-33-15-21-39-75(63)85-81)43-40-50-41-44-60-70(46-50)82(66-34-16-10-28-56(66)57-29-11-17-35-67(57)82)72-48-64(52-24-6-2-7-25-52)80-78(76(60)72)62-32-14-20-38-74(62)84-80/h1-39,41-42,44-49,55H,40,43H2. The molecule has 2 nitrogen and oxygen atoms in total. The van der Waals surface area contributed by atoms with Crippen molar-refractivity contribution in [2.45, 2.75) is 29.6 Å². The Bertz CT molecular complexity index is 5220. The Morgan fingerprint density at radius 3 is 1.16 bits per heavy atom. The molecule has 0 amide bonds. The van der Waals surface area contributed by atoms with Gasteiger partial charge < -0.3 is 8.83 Å². The van der Waals surface area contributed by atoms with E-state index in [4.69, 9.17) is 8.83 Å². The molecule has 1 unspecified atom stereocenters. The maximum Gasteiger partial charge on any atom is 0.143 e. The molecule has 13 aromatic carbocycles. The summed E-state index contributed by atoms with van der Waals surface area (Å²) in [6.45, 7) is 0. The van der Waals surface area contributed by atoms with Gasteiger partial charge in [-0.05, 0) is 154 Å². The van der Waals surface area contributed by atoms with Crippen LogP contribution < -0.4 is 0 Å². The zero-order chi connectivity index (χ0) is 55.5. The zero-order valence-corrected chi connectivity index (χ0v) is 46.4. The van der Waals surface area contributed by atoms with Gasteiger partial charge in [0.05, 0.1) is 10.8 Å². The molecule has 4 aliphatic rings. The first-order chi connectivity index (χ1) is 42.2. The fourth-order valence-corrected chi connectivity index (χ4v) is 16.6. The second kappa shape index (κ2) is 17.5. The molecule has 0 bridgehead atoms. The topological polar surface area (TPSA) is 26.3 Å². The number of aryl methyl sites for hydroxylation is 1. The van der Waals surface area contributed by atoms with Crippen LogP contribution in [-0.2, 0) is 17.3 Å². The molecule has 4 aliphatic carbocycles. The summed E-state index contributed by atoms with van der Waals surface area (Å²) in [6.07, 6.45) is 1.78. The van der Waals surface area contributed by atoms with Crippen molar-refractivity contribution in [3.8, 4) is 66.8 Å². The Labute approximate surface area is 492 Å². The maximum absolute atomic E-state index is 7.02. The molecular formula is C83H52O2. The van der Waals surface area contributed by atoms with Crippen molar-refractivity contribution in [3.05, 3.63) is 346 Å². The molecule has 0 saturated carbocycles. The fraction of sp³-hybridized carbons (Fsp3) is 0.0602. The van der Waals surface area contributed by atoms with Gasteiger partial charge in [0, 0.05) is 38.6 Å². The van der Waals surface area contributed by atoms with Crippen LogP contribution in [0.25, 0.3) is 111 Å². The van der Waals surface area contributed by atoms with E-state index in [-0.39, 0.29) is 5.92 Å². The summed E-state index contributed by atoms with van der Waals surface area (Å²) in [5, 5.41) is 4.65. The predicted octanol–water partition coefficient (Wildman–Crippen LogP) is 21.3. The third-order valence-electron chi connectivity index (χ3n) is 20.0. The van der Waals surface area contributed by atoms with Gasteiger partial charge in [0.15, 0.2) is 0 Å². The van der Waals surface area contributed by atoms with Gasteiger partial charge in [0.25, 0.3) is 0 Å². The minimum atomic E-state index is -0.589. The Hall–Kier alpha value is -10.5. The monoisotopic (exact) mass is 1080 g/mol. The van der Waals surface area contributed by atoms with E-state index < -0.39 is 10.8 Å². The van der Waals surface area contributed by atoms with Gasteiger partial charge in [-0.3, -0.25) is 0 Å². The van der Waals surface area contributed by atoms with Crippen molar-refractivity contribution >= 4 is 43.9 Å². The summed E-state index contributed by atoms with van der Waals surface area (Å²) in [6, 6.07) is 107. The Morgan fingerprint density at radius 2 is 0.682 bits per heavy atom. The average Bonchev–Trinajstić information content (AvgIpc) is 1.53. The number of benzene rings is 13. The molecule has 2 aromatic heterocycles. The predicted molar refractivity (Wildman–Crippen MR) is 348 cm³/mol. The van der Waals surface area contributed by atoms with Crippen molar-refractivity contribution in [1.82, 2.24) is 0 Å². The highest BCUT2D eigenvalue weighted by atomic mass is 16.3. The first-order valence-corrected chi connectivity index (χ1v) is 30.0. The lowest BCUT2D eigenvalue weighted by atomic mass is 9.69. The van der Waals surface area contributed by atoms with Crippen LogP contribution in [0.1, 0.15) is 73.5 Å². The summed E-state index contributed by atoms with van der Waals surface area (Å²) >= 11 is 0. The van der Waals surface area contributed by atoms with Crippen molar-refractivity contribution in [3.63, 3.8) is 0 Å². The number of rotatable bonds is 7. The molecule has 0 fully saturated rings. The molecule has 1 atom stereocenters. The maximum atomic E-state index is 7.02. The number of hydrogen-bond acceptors (Lipinski definition) is 2. The quantitative estimate of drug-likeness (QED) is 0.159. The lowest BCUT2D eigenvalue weighted by Gasteiger charge is -2.32. The minimum absolute atomic E-state index is 0.0894. The average molecular weight is 1080 g/mol. The van der Waals surface area contributed by atoms with E-state index in [9.17, 15) is 0 Å². The van der Waals surface area contributed by atoms with Gasteiger partial charge in [-0.2, -0.15) is 0 Å². The Balaban J connectivity index is 0.817. The molecular weight excluding hydrogens is 1030 g/mol. The van der Waals surface area contributed by atoms with E-state index in [2.05, 4.69) is 285 Å². The number of fused-ring (bicyclic) bond motifs is 28. The minimum Gasteiger partial charge on any atom is -0.455 e. The van der Waals surface area contributed by atoms with Crippen molar-refractivity contribution in [1.29, 1.82) is 0 Å². The van der Waals surface area contributed by atoms with Crippen LogP contribution in [0.15, 0.2) is 294 Å². The smallest absolute Gasteiger partial charge is 0.143 e. The summed E-state index contributed by atoms with van der Waals surface area (Å²) < 4.78 is 14.0. The largest absolute Gasteiger partial charge is 0.455 e. The highest BCUT2D eigenvalue weighted by molar-refractivity contribution is 6.21. The highest BCUT2D eigenvalue weighted by Gasteiger charge is 2.55. The van der Waals surface area contributed by atoms with Crippen molar-refractivity contribution < 1.29 is 8.83 Å². The molecule has 0 N–H and O–H groups in total. The summed E-state index contributed by atoms with van der Waals surface area (Å²) in [7, 11) is 0. The highest BCUT2D eigenvalue weighted by Crippen LogP contribution is 2.67. The van der Waals surface area contributed by atoms with Crippen LogP contribution in [0.5, 0.6) is 0 Å². The summed E-state index contributed by atoms with van der Waals surface area (Å²) in [5.41, 5.74) is 31.9. The summed E-state index contributed by atoms with van der Waals surface area (Å²) in [5.74, 6) is 0.0894. The van der Waals surface area contributed by atoms with E-state index in [1.165, 1.54) is 116 Å². The van der Waals surface area contributed by atoms with Crippen LogP contribution in [0.3, 0.4) is 0 Å². The third-order valence-corrected chi connectivity index (χ3v) is 20.0. The van der Waals surface area contributed by atoms with Gasteiger partial charge >= 0.3 is 0 Å². The van der Waals surface area contributed by atoms with E-state index in [0.29, 0.717) is 0 Å². The molecule has 0 radical (unpaired) electrons. The first kappa shape index (κ1) is 47.0. The van der Waals surface area contributed by atoms with Crippen molar-refractivity contribution in [2.75, 3.05) is 0 Å². The molecule has 15 aromatic rings. The SMILES string of the molecule is c1ccc(-c2cc3c(c4c2oc2ccccc24)-c2ccc(CCC(c4ccccc4)c4ccc5c(c4)C4(c6ccccc6-c6ccccc64)c4cc(-c6ccccc6)c6oc7ccccc7c6c4-5)cc2C32c3ccccc3-c3ccccc32)cc1. The molecule has 0 saturated heterocycles. The molecule has 0 aliphatic heterocycles. The lowest BCUT2D eigenvalue weighted by Crippen LogP contribution is -2.26. The van der Waals surface area contributed by atoms with Gasteiger partial charge in [0.2, 0.25) is 0 Å². The molecule has 396 valence electrons. The van der Waals surface area contributed by atoms with Crippen LogP contribution >= 0.6 is 0 Å². The zero-order valence-electron chi connectivity index (χ0n) is 46.4. The van der Waals surface area contributed by atoms with Crippen molar-refractivity contribution in [2.24, 2.45) is 0 Å². The second-order valence-corrected chi connectivity index (χ2v) is 23.9.